The van der Waals surface area contributed by atoms with Crippen LogP contribution in [0.3, 0.4) is 0 Å². The van der Waals surface area contributed by atoms with E-state index in [4.69, 9.17) is 0 Å². The number of carbonyl (C=O) groups is 2. The smallest absolute Gasteiger partial charge is 0.236 e. The average Bonchev–Trinajstić information content (AvgIpc) is 3.22. The minimum atomic E-state index is 0.0761. The fourth-order valence-electron chi connectivity index (χ4n) is 4.83. The van der Waals surface area contributed by atoms with Gasteiger partial charge in [-0.25, -0.2) is 0 Å². The summed E-state index contributed by atoms with van der Waals surface area (Å²) in [4.78, 5) is 33.0. The third kappa shape index (κ3) is 4.03. The molecule has 2 aliphatic heterocycles. The van der Waals surface area contributed by atoms with Crippen molar-refractivity contribution in [3.05, 3.63) is 57.3 Å². The van der Waals surface area contributed by atoms with Gasteiger partial charge in [-0.15, -0.1) is 11.3 Å². The van der Waals surface area contributed by atoms with E-state index in [0.717, 1.165) is 13.0 Å². The molecule has 1 saturated heterocycles. The molecule has 0 bridgehead atoms. The van der Waals surface area contributed by atoms with E-state index >= 15 is 0 Å². The van der Waals surface area contributed by atoms with E-state index in [9.17, 15) is 9.59 Å². The Morgan fingerprint density at radius 3 is 2.60 bits per heavy atom. The Labute approximate surface area is 183 Å². The van der Waals surface area contributed by atoms with Crippen molar-refractivity contribution in [3.8, 4) is 0 Å². The molecule has 0 saturated carbocycles. The first-order valence-corrected chi connectivity index (χ1v) is 11.8. The molecule has 2 amide bonds. The van der Waals surface area contributed by atoms with Crippen molar-refractivity contribution in [3.63, 3.8) is 0 Å². The molecule has 160 valence electrons. The van der Waals surface area contributed by atoms with Gasteiger partial charge in [-0.3, -0.25) is 14.5 Å². The van der Waals surface area contributed by atoms with E-state index in [2.05, 4.69) is 47.5 Å². The number of aryl methyl sites for hydroxylation is 1. The van der Waals surface area contributed by atoms with E-state index in [1.807, 2.05) is 35.0 Å². The zero-order chi connectivity index (χ0) is 21.3. The highest BCUT2D eigenvalue weighted by Crippen LogP contribution is 2.38. The molecular formula is C24H31N3O2S. The van der Waals surface area contributed by atoms with Gasteiger partial charge in [0, 0.05) is 43.5 Å². The number of benzene rings is 1. The first-order chi connectivity index (χ1) is 14.5. The number of rotatable bonds is 4. The largest absolute Gasteiger partial charge is 0.338 e. The van der Waals surface area contributed by atoms with Crippen molar-refractivity contribution in [2.24, 2.45) is 0 Å². The van der Waals surface area contributed by atoms with Gasteiger partial charge in [-0.05, 0) is 48.4 Å². The van der Waals surface area contributed by atoms with E-state index in [0.29, 0.717) is 32.6 Å². The van der Waals surface area contributed by atoms with Crippen LogP contribution in [0.4, 0.5) is 0 Å². The predicted octanol–water partition coefficient (Wildman–Crippen LogP) is 3.47. The van der Waals surface area contributed by atoms with Crippen molar-refractivity contribution in [2.75, 3.05) is 32.7 Å². The Kier molecular flexibility index (Phi) is 6.25. The number of thiophene rings is 1. The topological polar surface area (TPSA) is 43.9 Å². The van der Waals surface area contributed by atoms with Crippen LogP contribution in [0, 0.1) is 6.92 Å². The lowest BCUT2D eigenvalue weighted by atomic mass is 9.90. The quantitative estimate of drug-likeness (QED) is 0.753. The molecule has 0 N–H and O–H groups in total. The molecule has 6 heteroatoms. The van der Waals surface area contributed by atoms with Crippen LogP contribution in [0.1, 0.15) is 47.9 Å². The maximum absolute atomic E-state index is 13.3. The first-order valence-electron chi connectivity index (χ1n) is 10.9. The zero-order valence-corrected chi connectivity index (χ0v) is 19.0. The molecule has 0 aliphatic carbocycles. The Balaban J connectivity index is 1.51. The highest BCUT2D eigenvalue weighted by Gasteiger charge is 2.34. The molecule has 2 atom stereocenters. The number of hydrogen-bond donors (Lipinski definition) is 0. The van der Waals surface area contributed by atoms with E-state index < -0.39 is 0 Å². The number of carbonyl (C=O) groups excluding carboxylic acids is 2. The summed E-state index contributed by atoms with van der Waals surface area (Å²) in [5.74, 6) is 0.345. The summed E-state index contributed by atoms with van der Waals surface area (Å²) in [5.41, 5.74) is 3.90. The minimum Gasteiger partial charge on any atom is -0.338 e. The highest BCUT2D eigenvalue weighted by atomic mass is 32.1. The second-order valence-corrected chi connectivity index (χ2v) is 9.41. The Bertz CT molecular complexity index is 925. The van der Waals surface area contributed by atoms with Crippen LogP contribution in [-0.2, 0) is 16.0 Å². The van der Waals surface area contributed by atoms with E-state index in [1.54, 1.807) is 0 Å². The minimum absolute atomic E-state index is 0.0761. The normalized spacial score (nSPS) is 22.1. The summed E-state index contributed by atoms with van der Waals surface area (Å²) in [6.45, 7) is 9.29. The van der Waals surface area contributed by atoms with Crippen LogP contribution in [0.15, 0.2) is 35.7 Å². The van der Waals surface area contributed by atoms with E-state index in [-0.39, 0.29) is 23.9 Å². The third-order valence-corrected chi connectivity index (χ3v) is 7.49. The molecule has 1 aromatic heterocycles. The van der Waals surface area contributed by atoms with Gasteiger partial charge >= 0.3 is 0 Å². The SMILES string of the molecule is CCC(=O)N1CCN(C(=O)CN2CCc3sccc3[C@@H]2c2ccccc2C)C[C@@H]1C. The number of nitrogens with zero attached hydrogens (tertiary/aromatic N) is 3. The maximum atomic E-state index is 13.3. The van der Waals surface area contributed by atoms with Crippen molar-refractivity contribution >= 4 is 23.2 Å². The average molecular weight is 426 g/mol. The van der Waals surface area contributed by atoms with E-state index in [1.165, 1.54) is 21.6 Å². The summed E-state index contributed by atoms with van der Waals surface area (Å²) in [6.07, 6.45) is 1.52. The summed E-state index contributed by atoms with van der Waals surface area (Å²) in [7, 11) is 0. The lowest BCUT2D eigenvalue weighted by molar-refractivity contribution is -0.143. The molecule has 5 nitrogen and oxygen atoms in total. The fourth-order valence-corrected chi connectivity index (χ4v) is 5.73. The van der Waals surface area contributed by atoms with Gasteiger partial charge in [0.15, 0.2) is 0 Å². The first kappa shape index (κ1) is 21.1. The Hall–Kier alpha value is -2.18. The number of piperazine rings is 1. The molecule has 1 aromatic carbocycles. The van der Waals surface area contributed by atoms with Crippen LogP contribution in [-0.4, -0.2) is 65.3 Å². The van der Waals surface area contributed by atoms with Crippen molar-refractivity contribution in [2.45, 2.75) is 45.7 Å². The second-order valence-electron chi connectivity index (χ2n) is 8.41. The molecule has 0 radical (unpaired) electrons. The summed E-state index contributed by atoms with van der Waals surface area (Å²) < 4.78 is 0. The van der Waals surface area contributed by atoms with Crippen LogP contribution < -0.4 is 0 Å². The fraction of sp³-hybridized carbons (Fsp3) is 0.500. The predicted molar refractivity (Wildman–Crippen MR) is 121 cm³/mol. The molecule has 4 rings (SSSR count). The van der Waals surface area contributed by atoms with Gasteiger partial charge in [-0.1, -0.05) is 31.2 Å². The Morgan fingerprint density at radius 2 is 1.87 bits per heavy atom. The zero-order valence-electron chi connectivity index (χ0n) is 18.1. The van der Waals surface area contributed by atoms with Crippen molar-refractivity contribution in [1.29, 1.82) is 0 Å². The molecule has 2 aliphatic rings. The molecule has 0 spiro atoms. The van der Waals surface area contributed by atoms with Gasteiger partial charge in [0.2, 0.25) is 11.8 Å². The summed E-state index contributed by atoms with van der Waals surface area (Å²) >= 11 is 1.82. The second kappa shape index (κ2) is 8.90. The van der Waals surface area contributed by atoms with Crippen LogP contribution in [0.5, 0.6) is 0 Å². The van der Waals surface area contributed by atoms with Crippen molar-refractivity contribution in [1.82, 2.24) is 14.7 Å². The Morgan fingerprint density at radius 1 is 1.07 bits per heavy atom. The molecule has 0 unspecified atom stereocenters. The molecule has 1 fully saturated rings. The van der Waals surface area contributed by atoms with Gasteiger partial charge in [0.25, 0.3) is 0 Å². The highest BCUT2D eigenvalue weighted by molar-refractivity contribution is 7.10. The third-order valence-electron chi connectivity index (χ3n) is 6.49. The van der Waals surface area contributed by atoms with Crippen molar-refractivity contribution < 1.29 is 9.59 Å². The van der Waals surface area contributed by atoms with Gasteiger partial charge < -0.3 is 9.80 Å². The summed E-state index contributed by atoms with van der Waals surface area (Å²) in [6, 6.07) is 10.9. The number of hydrogen-bond acceptors (Lipinski definition) is 4. The molecular weight excluding hydrogens is 394 g/mol. The molecule has 30 heavy (non-hydrogen) atoms. The van der Waals surface area contributed by atoms with Crippen LogP contribution in [0.25, 0.3) is 0 Å². The number of amides is 2. The van der Waals surface area contributed by atoms with Gasteiger partial charge in [-0.2, -0.15) is 0 Å². The van der Waals surface area contributed by atoms with Gasteiger partial charge in [0.1, 0.15) is 0 Å². The lowest BCUT2D eigenvalue weighted by Gasteiger charge is -2.42. The standard InChI is InChI=1S/C24H31N3O2S/c1-4-22(28)27-13-12-25(15-18(27)3)23(29)16-26-11-9-21-20(10-14-30-21)24(26)19-8-6-5-7-17(19)2/h5-8,10,14,18,24H,4,9,11-13,15-16H2,1-3H3/t18-,24-/m0/s1. The number of fused-ring (bicyclic) bond motifs is 1. The maximum Gasteiger partial charge on any atom is 0.236 e. The molecule has 2 aromatic rings. The van der Waals surface area contributed by atoms with Crippen LogP contribution in [0.2, 0.25) is 0 Å². The lowest BCUT2D eigenvalue weighted by Crippen LogP contribution is -2.57. The summed E-state index contributed by atoms with van der Waals surface area (Å²) in [5, 5.41) is 2.17. The monoisotopic (exact) mass is 425 g/mol. The van der Waals surface area contributed by atoms with Gasteiger partial charge in [0.05, 0.1) is 12.6 Å². The van der Waals surface area contributed by atoms with Crippen LogP contribution >= 0.6 is 11.3 Å². The molecule has 3 heterocycles.